The lowest BCUT2D eigenvalue weighted by Crippen LogP contribution is -2.32. The molecule has 28 heavy (non-hydrogen) atoms. The fraction of sp³-hybridized carbons (Fsp3) is 0.545. The highest BCUT2D eigenvalue weighted by Crippen LogP contribution is 2.39. The van der Waals surface area contributed by atoms with Gasteiger partial charge >= 0.3 is 0 Å². The van der Waals surface area contributed by atoms with Crippen molar-refractivity contribution in [3.8, 4) is 5.75 Å². The van der Waals surface area contributed by atoms with Crippen LogP contribution in [-0.4, -0.2) is 48.6 Å². The number of aliphatic hydroxyl groups is 1. The van der Waals surface area contributed by atoms with E-state index in [9.17, 15) is 14.7 Å². The van der Waals surface area contributed by atoms with E-state index in [1.54, 1.807) is 12.0 Å². The van der Waals surface area contributed by atoms with Gasteiger partial charge < -0.3 is 19.5 Å². The summed E-state index contributed by atoms with van der Waals surface area (Å²) in [5.74, 6) is -0.245. The summed E-state index contributed by atoms with van der Waals surface area (Å²) < 4.78 is 10.7. The standard InChI is InChI=1S/C22H31NO5/c1-5-12-28-17-9-7-16(8-10-17)20-19(18(24)14-15(2)3)21(25)22(26)23(20)11-6-13-27-4/h7-10,15,20,25H,5-6,11-14H2,1-4H3. The zero-order chi connectivity index (χ0) is 20.7. The Labute approximate surface area is 167 Å². The first kappa shape index (κ1) is 22.0. The van der Waals surface area contributed by atoms with Crippen molar-refractivity contribution in [1.29, 1.82) is 0 Å². The van der Waals surface area contributed by atoms with Crippen LogP contribution in [0.15, 0.2) is 35.6 Å². The van der Waals surface area contributed by atoms with Gasteiger partial charge in [0.15, 0.2) is 11.5 Å². The molecule has 1 aromatic carbocycles. The van der Waals surface area contributed by atoms with Crippen LogP contribution in [0, 0.1) is 5.92 Å². The molecule has 0 aliphatic carbocycles. The molecule has 1 aromatic rings. The minimum atomic E-state index is -0.587. The Balaban J connectivity index is 2.35. The molecule has 0 saturated heterocycles. The highest BCUT2D eigenvalue weighted by Gasteiger charge is 2.43. The van der Waals surface area contributed by atoms with Crippen molar-refractivity contribution in [2.75, 3.05) is 26.9 Å². The van der Waals surface area contributed by atoms with Gasteiger partial charge in [-0.15, -0.1) is 0 Å². The fourth-order valence-electron chi connectivity index (χ4n) is 3.34. The monoisotopic (exact) mass is 389 g/mol. The first-order valence-electron chi connectivity index (χ1n) is 9.89. The van der Waals surface area contributed by atoms with E-state index in [-0.39, 0.29) is 23.7 Å². The van der Waals surface area contributed by atoms with Gasteiger partial charge in [-0.05, 0) is 36.5 Å². The van der Waals surface area contributed by atoms with Crippen LogP contribution in [-0.2, 0) is 14.3 Å². The van der Waals surface area contributed by atoms with Gasteiger partial charge in [-0.25, -0.2) is 0 Å². The quantitative estimate of drug-likeness (QED) is 0.582. The molecular formula is C22H31NO5. The molecule has 0 bridgehead atoms. The van der Waals surface area contributed by atoms with E-state index in [1.165, 1.54) is 0 Å². The number of aliphatic hydroxyl groups excluding tert-OH is 1. The topological polar surface area (TPSA) is 76.1 Å². The molecule has 1 unspecified atom stereocenters. The molecule has 1 amide bonds. The third-order valence-electron chi connectivity index (χ3n) is 4.61. The largest absolute Gasteiger partial charge is 0.503 e. The number of benzene rings is 1. The van der Waals surface area contributed by atoms with E-state index in [4.69, 9.17) is 9.47 Å². The van der Waals surface area contributed by atoms with Crippen LogP contribution >= 0.6 is 0 Å². The van der Waals surface area contributed by atoms with Crippen LogP contribution < -0.4 is 4.74 Å². The summed E-state index contributed by atoms with van der Waals surface area (Å²) in [5.41, 5.74) is 0.976. The molecule has 1 heterocycles. The Kier molecular flexibility index (Phi) is 8.05. The van der Waals surface area contributed by atoms with Crippen molar-refractivity contribution in [3.63, 3.8) is 0 Å². The lowest BCUT2D eigenvalue weighted by molar-refractivity contribution is -0.129. The van der Waals surface area contributed by atoms with Crippen LogP contribution in [0.25, 0.3) is 0 Å². The van der Waals surface area contributed by atoms with Crippen molar-refractivity contribution in [1.82, 2.24) is 4.90 Å². The van der Waals surface area contributed by atoms with E-state index in [2.05, 4.69) is 0 Å². The van der Waals surface area contributed by atoms with Gasteiger partial charge in [-0.1, -0.05) is 32.9 Å². The number of rotatable bonds is 11. The van der Waals surface area contributed by atoms with Crippen LogP contribution in [0.5, 0.6) is 5.75 Å². The van der Waals surface area contributed by atoms with E-state index >= 15 is 0 Å². The minimum Gasteiger partial charge on any atom is -0.503 e. The van der Waals surface area contributed by atoms with Crippen molar-refractivity contribution in [3.05, 3.63) is 41.2 Å². The zero-order valence-electron chi connectivity index (χ0n) is 17.2. The fourth-order valence-corrected chi connectivity index (χ4v) is 3.34. The number of ketones is 1. The lowest BCUT2D eigenvalue weighted by atomic mass is 9.92. The number of amides is 1. The maximum atomic E-state index is 12.8. The number of nitrogens with zero attached hydrogens (tertiary/aromatic N) is 1. The summed E-state index contributed by atoms with van der Waals surface area (Å²) in [4.78, 5) is 27.1. The van der Waals surface area contributed by atoms with Gasteiger partial charge in [0.05, 0.1) is 18.2 Å². The molecule has 1 aliphatic heterocycles. The number of ether oxygens (including phenoxy) is 2. The lowest BCUT2D eigenvalue weighted by Gasteiger charge is -2.27. The number of methoxy groups -OCH3 is 1. The average molecular weight is 389 g/mol. The predicted octanol–water partition coefficient (Wildman–Crippen LogP) is 3.82. The van der Waals surface area contributed by atoms with Gasteiger partial charge in [0, 0.05) is 26.7 Å². The maximum Gasteiger partial charge on any atom is 0.290 e. The minimum absolute atomic E-state index is 0.135. The number of Topliss-reactive ketones (excluding diaryl/α,β-unsaturated/α-hetero) is 1. The molecule has 6 heteroatoms. The second-order valence-electron chi connectivity index (χ2n) is 7.45. The number of hydrogen-bond donors (Lipinski definition) is 1. The molecule has 1 atom stereocenters. The first-order valence-corrected chi connectivity index (χ1v) is 9.89. The molecule has 1 N–H and O–H groups in total. The Morgan fingerprint density at radius 1 is 1.21 bits per heavy atom. The van der Waals surface area contributed by atoms with E-state index in [0.717, 1.165) is 17.7 Å². The molecule has 0 saturated carbocycles. The molecule has 1 aliphatic rings. The summed E-state index contributed by atoms with van der Waals surface area (Å²) >= 11 is 0. The molecule has 0 aromatic heterocycles. The van der Waals surface area contributed by atoms with Crippen molar-refractivity contribution in [2.24, 2.45) is 5.92 Å². The number of carbonyl (C=O) groups is 2. The summed E-state index contributed by atoms with van der Waals surface area (Å²) in [7, 11) is 1.60. The van der Waals surface area contributed by atoms with Crippen molar-refractivity contribution >= 4 is 11.7 Å². The van der Waals surface area contributed by atoms with Gasteiger partial charge in [-0.3, -0.25) is 9.59 Å². The van der Waals surface area contributed by atoms with Crippen molar-refractivity contribution < 1.29 is 24.2 Å². The van der Waals surface area contributed by atoms with Crippen LogP contribution in [0.4, 0.5) is 0 Å². The molecule has 0 spiro atoms. The summed E-state index contributed by atoms with van der Waals surface area (Å²) in [6, 6.07) is 6.79. The van der Waals surface area contributed by atoms with Gasteiger partial charge in [0.2, 0.25) is 0 Å². The third kappa shape index (κ3) is 5.13. The second kappa shape index (κ2) is 10.3. The third-order valence-corrected chi connectivity index (χ3v) is 4.61. The Morgan fingerprint density at radius 3 is 2.46 bits per heavy atom. The second-order valence-corrected chi connectivity index (χ2v) is 7.45. The molecule has 0 radical (unpaired) electrons. The number of carbonyl (C=O) groups excluding carboxylic acids is 2. The van der Waals surface area contributed by atoms with Crippen molar-refractivity contribution in [2.45, 2.75) is 46.1 Å². The van der Waals surface area contributed by atoms with Gasteiger partial charge in [0.1, 0.15) is 5.75 Å². The van der Waals surface area contributed by atoms with E-state index in [0.29, 0.717) is 26.2 Å². The normalized spacial score (nSPS) is 17.0. The molecule has 2 rings (SSSR count). The highest BCUT2D eigenvalue weighted by molar-refractivity contribution is 6.09. The Morgan fingerprint density at radius 2 is 1.89 bits per heavy atom. The molecule has 0 fully saturated rings. The molecule has 154 valence electrons. The van der Waals surface area contributed by atoms with Gasteiger partial charge in [-0.2, -0.15) is 0 Å². The Hall–Kier alpha value is -2.34. The van der Waals surface area contributed by atoms with Crippen LogP contribution in [0.2, 0.25) is 0 Å². The SMILES string of the molecule is CCCOc1ccc(C2C(C(=O)CC(C)C)=C(O)C(=O)N2CCCOC)cc1. The summed E-state index contributed by atoms with van der Waals surface area (Å²) in [5, 5.41) is 10.5. The van der Waals surface area contributed by atoms with Crippen LogP contribution in [0.1, 0.15) is 51.6 Å². The summed E-state index contributed by atoms with van der Waals surface area (Å²) in [6.07, 6.45) is 1.82. The smallest absolute Gasteiger partial charge is 0.290 e. The molecule has 6 nitrogen and oxygen atoms in total. The number of hydrogen-bond acceptors (Lipinski definition) is 5. The van der Waals surface area contributed by atoms with Crippen LogP contribution in [0.3, 0.4) is 0 Å². The first-order chi connectivity index (χ1) is 13.4. The maximum absolute atomic E-state index is 12.8. The highest BCUT2D eigenvalue weighted by atomic mass is 16.5. The van der Waals surface area contributed by atoms with Gasteiger partial charge in [0.25, 0.3) is 5.91 Å². The molecular weight excluding hydrogens is 358 g/mol. The van der Waals surface area contributed by atoms with E-state index < -0.39 is 17.7 Å². The zero-order valence-corrected chi connectivity index (χ0v) is 17.2. The van der Waals surface area contributed by atoms with E-state index in [1.807, 2.05) is 45.0 Å². The average Bonchev–Trinajstić information content (AvgIpc) is 2.91. The predicted molar refractivity (Wildman–Crippen MR) is 107 cm³/mol. The Bertz CT molecular complexity index is 708. The summed E-state index contributed by atoms with van der Waals surface area (Å²) in [6.45, 7) is 7.44.